The zero-order valence-electron chi connectivity index (χ0n) is 21.6. The second-order valence-electron chi connectivity index (χ2n) is 9.07. The van der Waals surface area contributed by atoms with Crippen molar-refractivity contribution in [2.75, 3.05) is 6.61 Å². The topological polar surface area (TPSA) is 35.5 Å². The van der Waals surface area contributed by atoms with Gasteiger partial charge in [0.25, 0.3) is 0 Å². The summed E-state index contributed by atoms with van der Waals surface area (Å²) in [5.41, 5.74) is 6.12. The molecule has 0 saturated heterocycles. The lowest BCUT2D eigenvalue weighted by molar-refractivity contribution is -0.111. The first-order chi connectivity index (χ1) is 17.2. The maximum atomic E-state index is 13.2. The van der Waals surface area contributed by atoms with Crippen molar-refractivity contribution in [1.82, 2.24) is 0 Å². The fraction of sp³-hybridized carbons (Fsp3) is 0.406. The van der Waals surface area contributed by atoms with Gasteiger partial charge < -0.3 is 9.47 Å². The van der Waals surface area contributed by atoms with E-state index in [0.717, 1.165) is 35.1 Å². The van der Waals surface area contributed by atoms with E-state index in [1.807, 2.05) is 44.2 Å². The third kappa shape index (κ3) is 7.80. The molecule has 0 aliphatic heterocycles. The molecule has 0 aliphatic rings. The van der Waals surface area contributed by atoms with Crippen LogP contribution in [-0.4, -0.2) is 18.9 Å². The lowest BCUT2D eigenvalue weighted by atomic mass is 9.89. The van der Waals surface area contributed by atoms with E-state index in [0.29, 0.717) is 18.6 Å². The summed E-state index contributed by atoms with van der Waals surface area (Å²) in [4.78, 5) is 13.2. The first-order valence-corrected chi connectivity index (χ1v) is 13.3. The van der Waals surface area contributed by atoms with Crippen LogP contribution in [0.2, 0.25) is 0 Å². The molecule has 3 heteroatoms. The average molecular weight is 473 g/mol. The van der Waals surface area contributed by atoms with E-state index in [4.69, 9.17) is 9.47 Å². The molecule has 186 valence electrons. The number of aryl methyl sites for hydroxylation is 1. The Morgan fingerprint density at radius 2 is 1.49 bits per heavy atom. The molecule has 0 N–H and O–H groups in total. The lowest BCUT2D eigenvalue weighted by Gasteiger charge is -2.19. The van der Waals surface area contributed by atoms with Gasteiger partial charge in [0.15, 0.2) is 0 Å². The highest BCUT2D eigenvalue weighted by Gasteiger charge is 2.20. The Kier molecular flexibility index (Phi) is 11.0. The van der Waals surface area contributed by atoms with Gasteiger partial charge in [-0.2, -0.15) is 0 Å². The molecule has 3 rings (SSSR count). The van der Waals surface area contributed by atoms with E-state index in [1.54, 1.807) is 0 Å². The normalized spacial score (nSPS) is 11.9. The van der Waals surface area contributed by atoms with Crippen LogP contribution in [0.1, 0.15) is 81.6 Å². The second kappa shape index (κ2) is 14.5. The maximum Gasteiger partial charge on any atom is 0.341 e. The minimum Gasteiger partial charge on any atom is -0.432 e. The fourth-order valence-corrected chi connectivity index (χ4v) is 4.33. The van der Waals surface area contributed by atoms with E-state index in [2.05, 4.69) is 49.4 Å². The summed E-state index contributed by atoms with van der Waals surface area (Å²) in [6.45, 7) is 6.84. The number of unbranched alkanes of at least 4 members (excludes halogenated alkanes) is 4. The molecule has 1 unspecified atom stereocenters. The Morgan fingerprint density at radius 1 is 0.743 bits per heavy atom. The van der Waals surface area contributed by atoms with E-state index >= 15 is 0 Å². The molecule has 3 nitrogen and oxygen atoms in total. The first kappa shape index (κ1) is 26.7. The van der Waals surface area contributed by atoms with Gasteiger partial charge in [0, 0.05) is 6.42 Å². The van der Waals surface area contributed by atoms with Crippen molar-refractivity contribution in [3.63, 3.8) is 0 Å². The molecule has 0 fully saturated rings. The summed E-state index contributed by atoms with van der Waals surface area (Å²) in [6.07, 6.45) is 8.39. The molecule has 0 radical (unpaired) electrons. The molecule has 0 amide bonds. The van der Waals surface area contributed by atoms with Gasteiger partial charge in [-0.3, -0.25) is 0 Å². The molecular formula is C32H40O3. The van der Waals surface area contributed by atoms with Crippen LogP contribution >= 0.6 is 0 Å². The Hall–Kier alpha value is -2.91. The Bertz CT molecular complexity index is 1040. The van der Waals surface area contributed by atoms with Gasteiger partial charge >= 0.3 is 5.97 Å². The molecule has 3 aromatic rings. The van der Waals surface area contributed by atoms with Gasteiger partial charge in [-0.05, 0) is 53.1 Å². The third-order valence-corrected chi connectivity index (χ3v) is 6.25. The van der Waals surface area contributed by atoms with Crippen molar-refractivity contribution in [2.45, 2.75) is 78.4 Å². The highest BCUT2D eigenvalue weighted by molar-refractivity contribution is 6.00. The molecule has 0 heterocycles. The summed E-state index contributed by atoms with van der Waals surface area (Å²) >= 11 is 0. The number of rotatable bonds is 14. The van der Waals surface area contributed by atoms with Gasteiger partial charge in [-0.15, -0.1) is 0 Å². The molecule has 0 aromatic heterocycles. The predicted molar refractivity (Wildman–Crippen MR) is 146 cm³/mol. The number of hydrogen-bond acceptors (Lipinski definition) is 3. The first-order valence-electron chi connectivity index (χ1n) is 13.3. The summed E-state index contributed by atoms with van der Waals surface area (Å²) in [6, 6.07) is 24.8. The summed E-state index contributed by atoms with van der Waals surface area (Å²) in [5, 5.41) is 0. The van der Waals surface area contributed by atoms with Crippen molar-refractivity contribution in [1.29, 1.82) is 0 Å². The monoisotopic (exact) mass is 472 g/mol. The molecule has 3 aromatic carbocycles. The summed E-state index contributed by atoms with van der Waals surface area (Å²) in [7, 11) is 0. The standard InChI is InChI=1S/C32H40O3/c1-4-7-8-9-11-16-25-21-22-28(30(24-25)26-17-12-10-13-18-26)27-19-14-15-20-29(27)32(33)35-31(6-3)34-23-5-2/h10,12-15,17-22,24,31H,4-9,11,16,23H2,1-3H3. The number of carbonyl (C=O) groups excluding carboxylic acids is 1. The molecular weight excluding hydrogens is 432 g/mol. The highest BCUT2D eigenvalue weighted by atomic mass is 16.7. The van der Waals surface area contributed by atoms with Crippen molar-refractivity contribution < 1.29 is 14.3 Å². The van der Waals surface area contributed by atoms with E-state index in [9.17, 15) is 4.79 Å². The van der Waals surface area contributed by atoms with Gasteiger partial charge in [-0.1, -0.05) is 113 Å². The van der Waals surface area contributed by atoms with E-state index < -0.39 is 6.29 Å². The average Bonchev–Trinajstić information content (AvgIpc) is 2.91. The number of ether oxygens (including phenoxy) is 2. The smallest absolute Gasteiger partial charge is 0.341 e. The van der Waals surface area contributed by atoms with Gasteiger partial charge in [0.05, 0.1) is 12.2 Å². The minimum atomic E-state index is -0.529. The maximum absolute atomic E-state index is 13.2. The molecule has 0 spiro atoms. The summed E-state index contributed by atoms with van der Waals surface area (Å²) in [5.74, 6) is -0.345. The van der Waals surface area contributed by atoms with Crippen LogP contribution in [0, 0.1) is 0 Å². The Balaban J connectivity index is 1.93. The molecule has 0 aliphatic carbocycles. The fourth-order valence-electron chi connectivity index (χ4n) is 4.33. The number of esters is 1. The van der Waals surface area contributed by atoms with Crippen LogP contribution in [-0.2, 0) is 15.9 Å². The van der Waals surface area contributed by atoms with E-state index in [-0.39, 0.29) is 5.97 Å². The number of carbonyl (C=O) groups is 1. The van der Waals surface area contributed by atoms with Crippen molar-refractivity contribution in [3.8, 4) is 22.3 Å². The number of benzene rings is 3. The SMILES string of the molecule is CCCCCCCc1ccc(-c2ccccc2C(=O)OC(CC)OCCC)c(-c2ccccc2)c1. The van der Waals surface area contributed by atoms with Gasteiger partial charge in [0.1, 0.15) is 0 Å². The quantitative estimate of drug-likeness (QED) is 0.133. The van der Waals surface area contributed by atoms with Crippen LogP contribution in [0.25, 0.3) is 22.3 Å². The molecule has 0 saturated carbocycles. The second-order valence-corrected chi connectivity index (χ2v) is 9.07. The molecule has 35 heavy (non-hydrogen) atoms. The van der Waals surface area contributed by atoms with Crippen LogP contribution in [0.3, 0.4) is 0 Å². The van der Waals surface area contributed by atoms with E-state index in [1.165, 1.54) is 37.7 Å². The van der Waals surface area contributed by atoms with Crippen LogP contribution in [0.15, 0.2) is 72.8 Å². The van der Waals surface area contributed by atoms with Crippen LogP contribution < -0.4 is 0 Å². The Labute approximate surface area is 211 Å². The van der Waals surface area contributed by atoms with Gasteiger partial charge in [0.2, 0.25) is 6.29 Å². The van der Waals surface area contributed by atoms with Crippen molar-refractivity contribution >= 4 is 5.97 Å². The largest absolute Gasteiger partial charge is 0.432 e. The zero-order valence-corrected chi connectivity index (χ0v) is 21.6. The molecule has 0 bridgehead atoms. The van der Waals surface area contributed by atoms with Gasteiger partial charge in [-0.25, -0.2) is 4.79 Å². The lowest BCUT2D eigenvalue weighted by Crippen LogP contribution is -2.21. The van der Waals surface area contributed by atoms with Crippen molar-refractivity contribution in [2.24, 2.45) is 0 Å². The van der Waals surface area contributed by atoms with Crippen molar-refractivity contribution in [3.05, 3.63) is 83.9 Å². The zero-order chi connectivity index (χ0) is 24.9. The molecule has 1 atom stereocenters. The number of hydrogen-bond donors (Lipinski definition) is 0. The van der Waals surface area contributed by atoms with Crippen LogP contribution in [0.4, 0.5) is 0 Å². The minimum absolute atomic E-state index is 0.345. The highest BCUT2D eigenvalue weighted by Crippen LogP contribution is 2.35. The Morgan fingerprint density at radius 3 is 2.23 bits per heavy atom. The predicted octanol–water partition coefficient (Wildman–Crippen LogP) is 8.85. The van der Waals surface area contributed by atoms with Crippen LogP contribution in [0.5, 0.6) is 0 Å². The summed E-state index contributed by atoms with van der Waals surface area (Å²) < 4.78 is 11.4. The third-order valence-electron chi connectivity index (χ3n) is 6.25.